The molecule has 2 aromatic carbocycles. The van der Waals surface area contributed by atoms with Gasteiger partial charge in [0.15, 0.2) is 5.69 Å². The van der Waals surface area contributed by atoms with Crippen LogP contribution in [0.15, 0.2) is 54.9 Å². The molecule has 0 saturated heterocycles. The summed E-state index contributed by atoms with van der Waals surface area (Å²) in [7, 11) is 0. The first kappa shape index (κ1) is 13.5. The number of nitrogens with zero attached hydrogens (tertiary/aromatic N) is 3. The lowest BCUT2D eigenvalue weighted by atomic mass is 10.2. The summed E-state index contributed by atoms with van der Waals surface area (Å²) in [6, 6.07) is 15.5. The average molecular weight is 305 g/mol. The molecule has 0 aliphatic rings. The van der Waals surface area contributed by atoms with Gasteiger partial charge in [0, 0.05) is 18.5 Å². The minimum Gasteiger partial charge on any atom is -0.349 e. The van der Waals surface area contributed by atoms with E-state index in [1.54, 1.807) is 6.33 Å². The first-order valence-corrected chi connectivity index (χ1v) is 7.44. The molecule has 2 N–H and O–H groups in total. The van der Waals surface area contributed by atoms with Gasteiger partial charge in [-0.3, -0.25) is 9.89 Å². The molecule has 0 fully saturated rings. The second-order valence-electron chi connectivity index (χ2n) is 5.30. The van der Waals surface area contributed by atoms with Crippen LogP contribution in [0.3, 0.4) is 0 Å². The summed E-state index contributed by atoms with van der Waals surface area (Å²) >= 11 is 0. The molecular weight excluding hydrogens is 290 g/mol. The van der Waals surface area contributed by atoms with Gasteiger partial charge in [-0.25, -0.2) is 4.98 Å². The zero-order valence-electron chi connectivity index (χ0n) is 12.4. The van der Waals surface area contributed by atoms with Crippen LogP contribution in [0.2, 0.25) is 0 Å². The lowest BCUT2D eigenvalue weighted by Gasteiger charge is -2.06. The zero-order chi connectivity index (χ0) is 15.6. The third kappa shape index (κ3) is 2.44. The average Bonchev–Trinajstić information content (AvgIpc) is 3.19. The molecule has 0 atom stereocenters. The monoisotopic (exact) mass is 305 g/mol. The quantitative estimate of drug-likeness (QED) is 0.607. The van der Waals surface area contributed by atoms with Crippen molar-refractivity contribution >= 4 is 27.8 Å². The zero-order valence-corrected chi connectivity index (χ0v) is 12.4. The van der Waals surface area contributed by atoms with Crippen molar-refractivity contribution < 1.29 is 4.79 Å². The molecule has 0 saturated carbocycles. The highest BCUT2D eigenvalue weighted by atomic mass is 16.1. The summed E-state index contributed by atoms with van der Waals surface area (Å²) in [6.07, 6.45) is 1.79. The number of nitrogens with one attached hydrogen (secondary N) is 2. The molecule has 0 radical (unpaired) electrons. The smallest absolute Gasteiger partial charge is 0.272 e. The second kappa shape index (κ2) is 5.57. The fourth-order valence-corrected chi connectivity index (χ4v) is 2.70. The summed E-state index contributed by atoms with van der Waals surface area (Å²) < 4.78 is 2.03. The van der Waals surface area contributed by atoms with Crippen LogP contribution in [0.4, 0.5) is 0 Å². The van der Waals surface area contributed by atoms with Crippen molar-refractivity contribution in [3.8, 4) is 0 Å². The molecule has 0 aliphatic carbocycles. The van der Waals surface area contributed by atoms with Crippen LogP contribution in [0.25, 0.3) is 21.9 Å². The molecule has 4 aromatic rings. The van der Waals surface area contributed by atoms with E-state index < -0.39 is 0 Å². The number of carbonyl (C=O) groups is 1. The molecule has 0 spiro atoms. The minimum absolute atomic E-state index is 0.174. The van der Waals surface area contributed by atoms with Crippen molar-refractivity contribution in [1.82, 2.24) is 25.1 Å². The Balaban J connectivity index is 1.46. The van der Waals surface area contributed by atoms with Gasteiger partial charge in [0.25, 0.3) is 5.91 Å². The second-order valence-corrected chi connectivity index (χ2v) is 5.30. The number of amides is 1. The molecule has 2 heterocycles. The number of aromatic nitrogens is 4. The lowest BCUT2D eigenvalue weighted by molar-refractivity contribution is 0.0949. The number of imidazole rings is 1. The van der Waals surface area contributed by atoms with E-state index in [4.69, 9.17) is 0 Å². The number of carbonyl (C=O) groups excluding carboxylic acids is 1. The Kier molecular flexibility index (Phi) is 3.27. The van der Waals surface area contributed by atoms with Gasteiger partial charge in [-0.05, 0) is 18.2 Å². The first-order chi connectivity index (χ1) is 11.3. The summed E-state index contributed by atoms with van der Waals surface area (Å²) in [6.45, 7) is 1.18. The molecule has 6 nitrogen and oxygen atoms in total. The summed E-state index contributed by atoms with van der Waals surface area (Å²) in [5.74, 6) is -0.174. The van der Waals surface area contributed by atoms with E-state index in [1.807, 2.05) is 53.1 Å². The summed E-state index contributed by atoms with van der Waals surface area (Å²) in [5.41, 5.74) is 3.30. The van der Waals surface area contributed by atoms with Crippen LogP contribution >= 0.6 is 0 Å². The van der Waals surface area contributed by atoms with Gasteiger partial charge in [-0.2, -0.15) is 5.10 Å². The Morgan fingerprint density at radius 2 is 1.96 bits per heavy atom. The minimum atomic E-state index is -0.174. The number of para-hydroxylation sites is 3. The van der Waals surface area contributed by atoms with E-state index in [0.717, 1.165) is 21.9 Å². The number of fused-ring (bicyclic) bond motifs is 2. The van der Waals surface area contributed by atoms with Gasteiger partial charge in [0.2, 0.25) is 0 Å². The number of hydrogen-bond donors (Lipinski definition) is 2. The largest absolute Gasteiger partial charge is 0.349 e. The molecule has 23 heavy (non-hydrogen) atoms. The standard InChI is InChI=1S/C17H15N5O/c23-17(16-12-5-1-2-6-13(12)20-21-16)18-9-10-22-11-19-14-7-3-4-8-15(14)22/h1-8,11H,9-10H2,(H,18,23)(H,20,21). The molecule has 0 aliphatic heterocycles. The van der Waals surface area contributed by atoms with E-state index in [2.05, 4.69) is 20.5 Å². The lowest BCUT2D eigenvalue weighted by Crippen LogP contribution is -2.27. The molecule has 114 valence electrons. The van der Waals surface area contributed by atoms with E-state index in [0.29, 0.717) is 18.8 Å². The van der Waals surface area contributed by atoms with Gasteiger partial charge >= 0.3 is 0 Å². The van der Waals surface area contributed by atoms with E-state index >= 15 is 0 Å². The van der Waals surface area contributed by atoms with Crippen molar-refractivity contribution in [3.63, 3.8) is 0 Å². The van der Waals surface area contributed by atoms with Gasteiger partial charge < -0.3 is 9.88 Å². The fourth-order valence-electron chi connectivity index (χ4n) is 2.70. The molecule has 0 unspecified atom stereocenters. The maximum atomic E-state index is 12.3. The highest BCUT2D eigenvalue weighted by Crippen LogP contribution is 2.15. The Hall–Kier alpha value is -3.15. The van der Waals surface area contributed by atoms with E-state index in [1.165, 1.54) is 0 Å². The maximum absolute atomic E-state index is 12.3. The number of hydrogen-bond acceptors (Lipinski definition) is 3. The number of aromatic amines is 1. The number of H-pyrrole nitrogens is 1. The number of rotatable bonds is 4. The third-order valence-electron chi connectivity index (χ3n) is 3.85. The normalized spacial score (nSPS) is 11.1. The molecule has 0 bridgehead atoms. The van der Waals surface area contributed by atoms with Gasteiger partial charge in [0.1, 0.15) is 0 Å². The van der Waals surface area contributed by atoms with Gasteiger partial charge in [-0.15, -0.1) is 0 Å². The number of benzene rings is 2. The molecule has 6 heteroatoms. The first-order valence-electron chi connectivity index (χ1n) is 7.44. The van der Waals surface area contributed by atoms with Crippen LogP contribution in [0, 0.1) is 0 Å². The molecule has 2 aromatic heterocycles. The highest BCUT2D eigenvalue weighted by Gasteiger charge is 2.13. The van der Waals surface area contributed by atoms with Gasteiger partial charge in [0.05, 0.1) is 22.9 Å². The van der Waals surface area contributed by atoms with Crippen LogP contribution in [0.5, 0.6) is 0 Å². The van der Waals surface area contributed by atoms with Crippen molar-refractivity contribution in [2.75, 3.05) is 6.54 Å². The Bertz CT molecular complexity index is 985. The highest BCUT2D eigenvalue weighted by molar-refractivity contribution is 6.04. The molecule has 1 amide bonds. The Labute approximate surface area is 132 Å². The van der Waals surface area contributed by atoms with Crippen LogP contribution in [0.1, 0.15) is 10.5 Å². The van der Waals surface area contributed by atoms with Crippen LogP contribution in [-0.2, 0) is 6.54 Å². The van der Waals surface area contributed by atoms with Crippen molar-refractivity contribution in [2.45, 2.75) is 6.54 Å². The molecule has 4 rings (SSSR count). The summed E-state index contributed by atoms with van der Waals surface area (Å²) in [5, 5.41) is 10.7. The van der Waals surface area contributed by atoms with E-state index in [9.17, 15) is 4.79 Å². The van der Waals surface area contributed by atoms with Gasteiger partial charge in [-0.1, -0.05) is 30.3 Å². The third-order valence-corrected chi connectivity index (χ3v) is 3.85. The summed E-state index contributed by atoms with van der Waals surface area (Å²) in [4.78, 5) is 16.6. The predicted octanol–water partition coefficient (Wildman–Crippen LogP) is 2.34. The maximum Gasteiger partial charge on any atom is 0.272 e. The van der Waals surface area contributed by atoms with Crippen molar-refractivity contribution in [3.05, 3.63) is 60.6 Å². The Morgan fingerprint density at radius 3 is 2.91 bits per heavy atom. The molecular formula is C17H15N5O. The van der Waals surface area contributed by atoms with Crippen molar-refractivity contribution in [1.29, 1.82) is 0 Å². The van der Waals surface area contributed by atoms with Crippen LogP contribution < -0.4 is 5.32 Å². The fraction of sp³-hybridized carbons (Fsp3) is 0.118. The topological polar surface area (TPSA) is 75.6 Å². The van der Waals surface area contributed by atoms with Crippen molar-refractivity contribution in [2.24, 2.45) is 0 Å². The van der Waals surface area contributed by atoms with Crippen LogP contribution in [-0.4, -0.2) is 32.2 Å². The van der Waals surface area contributed by atoms with E-state index in [-0.39, 0.29) is 5.91 Å². The SMILES string of the molecule is O=C(NCCn1cnc2ccccc21)c1n[nH]c2ccccc12. The predicted molar refractivity (Wildman–Crippen MR) is 88.2 cm³/mol. The Morgan fingerprint density at radius 1 is 1.13 bits per heavy atom.